The lowest BCUT2D eigenvalue weighted by atomic mass is 9.79. The van der Waals surface area contributed by atoms with Crippen LogP contribution in [-0.2, 0) is 0 Å². The number of nitrogens with one attached hydrogen (secondary N) is 1. The van der Waals surface area contributed by atoms with Crippen molar-refractivity contribution >= 4 is 11.8 Å². The van der Waals surface area contributed by atoms with Gasteiger partial charge in [-0.1, -0.05) is 25.8 Å². The van der Waals surface area contributed by atoms with Crippen LogP contribution in [0.25, 0.3) is 0 Å². The molecule has 1 aromatic carbocycles. The third-order valence-electron chi connectivity index (χ3n) is 3.99. The smallest absolute Gasteiger partial charge is 0.124 e. The first-order valence-electron chi connectivity index (χ1n) is 7.03. The summed E-state index contributed by atoms with van der Waals surface area (Å²) in [4.78, 5) is 0.976. The molecule has 2 rings (SSSR count). The minimum Gasteiger partial charge on any atom is -0.271 e. The Morgan fingerprint density at radius 3 is 3.00 bits per heavy atom. The Morgan fingerprint density at radius 1 is 1.47 bits per heavy atom. The molecule has 0 saturated heterocycles. The van der Waals surface area contributed by atoms with Crippen molar-refractivity contribution < 1.29 is 4.39 Å². The summed E-state index contributed by atoms with van der Waals surface area (Å²) in [6.07, 6.45) is 5.14. The Bertz CT molecular complexity index is 399. The normalized spacial score (nSPS) is 25.2. The molecular weight excluding hydrogens is 259 g/mol. The molecule has 0 bridgehead atoms. The highest BCUT2D eigenvalue weighted by Gasteiger charge is 2.26. The fourth-order valence-electron chi connectivity index (χ4n) is 2.91. The fraction of sp³-hybridized carbons (Fsp3) is 0.600. The van der Waals surface area contributed by atoms with Crippen LogP contribution in [0.5, 0.6) is 0 Å². The van der Waals surface area contributed by atoms with Crippen molar-refractivity contribution in [1.29, 1.82) is 0 Å². The molecule has 1 saturated carbocycles. The maximum atomic E-state index is 13.1. The highest BCUT2D eigenvalue weighted by molar-refractivity contribution is 7.99. The van der Waals surface area contributed by atoms with E-state index in [0.717, 1.165) is 16.6 Å². The number of thioether (sulfide) groups is 1. The topological polar surface area (TPSA) is 38.0 Å². The van der Waals surface area contributed by atoms with E-state index < -0.39 is 0 Å². The standard InChI is InChI=1S/C15H23FN2S/c1-11-4-2-5-12(8-11)15(18-17)10-19-14-7-3-6-13(16)9-14/h3,6-7,9,11-12,15,18H,2,4-5,8,10,17H2,1H3. The Balaban J connectivity index is 1.88. The van der Waals surface area contributed by atoms with Crippen molar-refractivity contribution in [3.63, 3.8) is 0 Å². The second-order valence-corrected chi connectivity index (χ2v) is 6.67. The summed E-state index contributed by atoms with van der Waals surface area (Å²) in [5.74, 6) is 7.88. The predicted molar refractivity (Wildman–Crippen MR) is 79.4 cm³/mol. The first kappa shape index (κ1) is 14.8. The average molecular weight is 282 g/mol. The van der Waals surface area contributed by atoms with Crippen molar-refractivity contribution in [1.82, 2.24) is 5.43 Å². The molecular formula is C15H23FN2S. The zero-order chi connectivity index (χ0) is 13.7. The van der Waals surface area contributed by atoms with Gasteiger partial charge in [-0.25, -0.2) is 4.39 Å². The van der Waals surface area contributed by atoms with Crippen LogP contribution in [0, 0.1) is 17.7 Å². The quantitative estimate of drug-likeness (QED) is 0.492. The van der Waals surface area contributed by atoms with Crippen molar-refractivity contribution in [3.05, 3.63) is 30.1 Å². The number of benzene rings is 1. The third-order valence-corrected chi connectivity index (χ3v) is 5.10. The van der Waals surface area contributed by atoms with Crippen LogP contribution in [0.4, 0.5) is 4.39 Å². The van der Waals surface area contributed by atoms with E-state index >= 15 is 0 Å². The zero-order valence-electron chi connectivity index (χ0n) is 11.4. The van der Waals surface area contributed by atoms with E-state index in [-0.39, 0.29) is 5.82 Å². The molecule has 1 aliphatic rings. The van der Waals surface area contributed by atoms with Crippen molar-refractivity contribution in [2.75, 3.05) is 5.75 Å². The molecule has 0 aliphatic heterocycles. The molecule has 0 spiro atoms. The second-order valence-electron chi connectivity index (χ2n) is 5.57. The van der Waals surface area contributed by atoms with Gasteiger partial charge in [-0.2, -0.15) is 0 Å². The molecule has 0 radical (unpaired) electrons. The highest BCUT2D eigenvalue weighted by Crippen LogP contribution is 2.32. The number of hydrogen-bond acceptors (Lipinski definition) is 3. The molecule has 1 aromatic rings. The molecule has 19 heavy (non-hydrogen) atoms. The van der Waals surface area contributed by atoms with Crippen LogP contribution in [0.3, 0.4) is 0 Å². The summed E-state index contributed by atoms with van der Waals surface area (Å²) in [6.45, 7) is 2.32. The molecule has 3 unspecified atom stereocenters. The van der Waals surface area contributed by atoms with E-state index in [1.54, 1.807) is 23.9 Å². The largest absolute Gasteiger partial charge is 0.271 e. The molecule has 3 atom stereocenters. The third kappa shape index (κ3) is 4.48. The van der Waals surface area contributed by atoms with Crippen LogP contribution in [-0.4, -0.2) is 11.8 Å². The number of halogens is 1. The van der Waals surface area contributed by atoms with E-state index in [1.807, 2.05) is 6.07 Å². The van der Waals surface area contributed by atoms with Crippen molar-refractivity contribution in [2.24, 2.45) is 17.7 Å². The minimum atomic E-state index is -0.173. The van der Waals surface area contributed by atoms with Gasteiger partial charge < -0.3 is 0 Å². The lowest BCUT2D eigenvalue weighted by molar-refractivity contribution is 0.235. The zero-order valence-corrected chi connectivity index (χ0v) is 12.3. The molecule has 4 heteroatoms. The maximum absolute atomic E-state index is 13.1. The van der Waals surface area contributed by atoms with Crippen LogP contribution in [0.15, 0.2) is 29.2 Å². The number of nitrogens with two attached hydrogens (primary N) is 1. The predicted octanol–water partition coefficient (Wildman–Crippen LogP) is 3.58. The van der Waals surface area contributed by atoms with Gasteiger partial charge in [0.25, 0.3) is 0 Å². The van der Waals surface area contributed by atoms with Gasteiger partial charge in [0.05, 0.1) is 0 Å². The van der Waals surface area contributed by atoms with E-state index in [1.165, 1.54) is 31.7 Å². The summed E-state index contributed by atoms with van der Waals surface area (Å²) in [5.41, 5.74) is 2.96. The molecule has 0 heterocycles. The van der Waals surface area contributed by atoms with Crippen LogP contribution in [0.1, 0.15) is 32.6 Å². The van der Waals surface area contributed by atoms with Gasteiger partial charge >= 0.3 is 0 Å². The molecule has 3 N–H and O–H groups in total. The summed E-state index contributed by atoms with van der Waals surface area (Å²) in [6, 6.07) is 7.08. The van der Waals surface area contributed by atoms with Gasteiger partial charge in [0, 0.05) is 16.7 Å². The van der Waals surface area contributed by atoms with Gasteiger partial charge in [0.15, 0.2) is 0 Å². The van der Waals surface area contributed by atoms with E-state index in [9.17, 15) is 4.39 Å². The Morgan fingerprint density at radius 2 is 2.32 bits per heavy atom. The molecule has 0 aromatic heterocycles. The minimum absolute atomic E-state index is 0.173. The number of hydrogen-bond donors (Lipinski definition) is 2. The van der Waals surface area contributed by atoms with Gasteiger partial charge in [-0.3, -0.25) is 11.3 Å². The lowest BCUT2D eigenvalue weighted by Crippen LogP contribution is -2.44. The van der Waals surface area contributed by atoms with Crippen molar-refractivity contribution in [2.45, 2.75) is 43.5 Å². The van der Waals surface area contributed by atoms with Crippen LogP contribution >= 0.6 is 11.8 Å². The molecule has 0 amide bonds. The van der Waals surface area contributed by atoms with Crippen molar-refractivity contribution in [3.8, 4) is 0 Å². The van der Waals surface area contributed by atoms with Gasteiger partial charge in [0.2, 0.25) is 0 Å². The number of rotatable bonds is 5. The number of hydrazine groups is 1. The second kappa shape index (κ2) is 7.27. The molecule has 1 aliphatic carbocycles. The lowest BCUT2D eigenvalue weighted by Gasteiger charge is -2.32. The summed E-state index contributed by atoms with van der Waals surface area (Å²) >= 11 is 1.68. The summed E-state index contributed by atoms with van der Waals surface area (Å²) in [7, 11) is 0. The average Bonchev–Trinajstić information content (AvgIpc) is 2.40. The monoisotopic (exact) mass is 282 g/mol. The molecule has 1 fully saturated rings. The SMILES string of the molecule is CC1CCCC(C(CSc2cccc(F)c2)NN)C1. The van der Waals surface area contributed by atoms with Gasteiger partial charge in [-0.05, 0) is 42.9 Å². The van der Waals surface area contributed by atoms with E-state index in [2.05, 4.69) is 12.3 Å². The Kier molecular flexibility index (Phi) is 5.67. The first-order chi connectivity index (χ1) is 9.19. The molecule has 106 valence electrons. The van der Waals surface area contributed by atoms with E-state index in [0.29, 0.717) is 12.0 Å². The van der Waals surface area contributed by atoms with Crippen LogP contribution in [0.2, 0.25) is 0 Å². The van der Waals surface area contributed by atoms with E-state index in [4.69, 9.17) is 5.84 Å². The highest BCUT2D eigenvalue weighted by atomic mass is 32.2. The summed E-state index contributed by atoms with van der Waals surface area (Å²) in [5, 5.41) is 0. The van der Waals surface area contributed by atoms with Gasteiger partial charge in [0.1, 0.15) is 5.82 Å². The Hall–Kier alpha value is -0.580. The first-order valence-corrected chi connectivity index (χ1v) is 8.02. The van der Waals surface area contributed by atoms with Gasteiger partial charge in [-0.15, -0.1) is 11.8 Å². The Labute approximate surface area is 119 Å². The maximum Gasteiger partial charge on any atom is 0.124 e. The van der Waals surface area contributed by atoms with Crippen LogP contribution < -0.4 is 11.3 Å². The fourth-order valence-corrected chi connectivity index (χ4v) is 4.02. The molecule has 2 nitrogen and oxygen atoms in total. The summed E-state index contributed by atoms with van der Waals surface area (Å²) < 4.78 is 13.1.